The smallest absolute Gasteiger partial charge is 0.336 e. The molecule has 100 valence electrons. The average molecular weight is 263 g/mol. The van der Waals surface area contributed by atoms with Gasteiger partial charge in [-0.2, -0.15) is 0 Å². The molecule has 6 nitrogen and oxygen atoms in total. The van der Waals surface area contributed by atoms with Crippen molar-refractivity contribution in [3.8, 4) is 5.75 Å². The van der Waals surface area contributed by atoms with E-state index in [4.69, 9.17) is 14.9 Å². The van der Waals surface area contributed by atoms with Gasteiger partial charge in [0.05, 0.1) is 0 Å². The number of benzene rings is 1. The molecule has 0 aliphatic heterocycles. The van der Waals surface area contributed by atoms with E-state index in [1.807, 2.05) is 0 Å². The van der Waals surface area contributed by atoms with Crippen LogP contribution in [0.4, 0.5) is 0 Å². The number of nitrogens with two attached hydrogens (primary N) is 1. The third kappa shape index (κ3) is 2.92. The molecule has 0 saturated heterocycles. The first-order chi connectivity index (χ1) is 8.97. The Hall–Kier alpha value is -2.34. The monoisotopic (exact) mass is 263 g/mol. The summed E-state index contributed by atoms with van der Waals surface area (Å²) in [7, 11) is 0. The van der Waals surface area contributed by atoms with Crippen molar-refractivity contribution in [3.05, 3.63) is 40.2 Å². The van der Waals surface area contributed by atoms with Gasteiger partial charge in [-0.25, -0.2) is 4.79 Å². The van der Waals surface area contributed by atoms with Crippen molar-refractivity contribution in [2.75, 3.05) is 0 Å². The SMILES string of the molecule is CC(N)C(=O)OCc1cc(=O)oc2cc(O)ccc12. The van der Waals surface area contributed by atoms with Gasteiger partial charge in [0.15, 0.2) is 0 Å². The summed E-state index contributed by atoms with van der Waals surface area (Å²) in [6.07, 6.45) is 0. The molecule has 0 radical (unpaired) electrons. The van der Waals surface area contributed by atoms with Gasteiger partial charge in [0.25, 0.3) is 0 Å². The lowest BCUT2D eigenvalue weighted by atomic mass is 10.1. The van der Waals surface area contributed by atoms with Gasteiger partial charge in [0, 0.05) is 23.1 Å². The summed E-state index contributed by atoms with van der Waals surface area (Å²) in [4.78, 5) is 22.7. The molecule has 19 heavy (non-hydrogen) atoms. The number of hydrogen-bond acceptors (Lipinski definition) is 6. The van der Waals surface area contributed by atoms with E-state index < -0.39 is 17.6 Å². The van der Waals surface area contributed by atoms with Crippen molar-refractivity contribution in [3.63, 3.8) is 0 Å². The number of esters is 1. The van der Waals surface area contributed by atoms with Crippen molar-refractivity contribution >= 4 is 16.9 Å². The van der Waals surface area contributed by atoms with Gasteiger partial charge in [-0.15, -0.1) is 0 Å². The minimum Gasteiger partial charge on any atom is -0.508 e. The number of carbonyl (C=O) groups is 1. The first kappa shape index (κ1) is 13.1. The number of phenolic OH excluding ortho intramolecular Hbond substituents is 1. The van der Waals surface area contributed by atoms with Crippen LogP contribution >= 0.6 is 0 Å². The second-order valence-corrected chi connectivity index (χ2v) is 4.17. The maximum Gasteiger partial charge on any atom is 0.336 e. The molecule has 0 saturated carbocycles. The van der Waals surface area contributed by atoms with Crippen LogP contribution in [0.5, 0.6) is 5.75 Å². The van der Waals surface area contributed by atoms with Crippen LogP contribution in [0.3, 0.4) is 0 Å². The van der Waals surface area contributed by atoms with E-state index in [9.17, 15) is 14.7 Å². The van der Waals surface area contributed by atoms with Crippen LogP contribution in [-0.2, 0) is 16.1 Å². The fourth-order valence-corrected chi connectivity index (χ4v) is 1.62. The van der Waals surface area contributed by atoms with E-state index in [1.165, 1.54) is 25.1 Å². The minimum atomic E-state index is -0.726. The van der Waals surface area contributed by atoms with Crippen molar-refractivity contribution in [1.82, 2.24) is 0 Å². The van der Waals surface area contributed by atoms with E-state index in [1.54, 1.807) is 6.07 Å². The Bertz CT molecular complexity index is 674. The van der Waals surface area contributed by atoms with Gasteiger partial charge in [-0.05, 0) is 19.1 Å². The van der Waals surface area contributed by atoms with Crippen LogP contribution < -0.4 is 11.4 Å². The van der Waals surface area contributed by atoms with Gasteiger partial charge >= 0.3 is 11.6 Å². The van der Waals surface area contributed by atoms with Crippen molar-refractivity contribution in [2.24, 2.45) is 5.73 Å². The number of phenols is 1. The number of rotatable bonds is 3. The zero-order valence-electron chi connectivity index (χ0n) is 10.3. The lowest BCUT2D eigenvalue weighted by Gasteiger charge is -2.08. The molecular formula is C13H13NO5. The van der Waals surface area contributed by atoms with Gasteiger partial charge in [0.1, 0.15) is 24.0 Å². The molecule has 0 fully saturated rings. The average Bonchev–Trinajstić information content (AvgIpc) is 2.34. The van der Waals surface area contributed by atoms with Gasteiger partial charge in [-0.1, -0.05) is 0 Å². The summed E-state index contributed by atoms with van der Waals surface area (Å²) < 4.78 is 9.93. The summed E-state index contributed by atoms with van der Waals surface area (Å²) in [5.41, 5.74) is 5.53. The molecule has 1 aromatic carbocycles. The molecule has 0 aliphatic rings. The van der Waals surface area contributed by atoms with E-state index in [0.29, 0.717) is 10.9 Å². The van der Waals surface area contributed by atoms with Crippen LogP contribution in [0.2, 0.25) is 0 Å². The lowest BCUT2D eigenvalue weighted by Crippen LogP contribution is -2.28. The van der Waals surface area contributed by atoms with E-state index in [2.05, 4.69) is 0 Å². The molecule has 0 bridgehead atoms. The van der Waals surface area contributed by atoms with Crippen LogP contribution in [0, 0.1) is 0 Å². The van der Waals surface area contributed by atoms with Gasteiger partial charge < -0.3 is 20.0 Å². The lowest BCUT2D eigenvalue weighted by molar-refractivity contribution is -0.146. The number of ether oxygens (including phenoxy) is 1. The minimum absolute atomic E-state index is 0.0135. The number of fused-ring (bicyclic) bond motifs is 1. The van der Waals surface area contributed by atoms with Crippen molar-refractivity contribution in [2.45, 2.75) is 19.6 Å². The van der Waals surface area contributed by atoms with Crippen molar-refractivity contribution < 1.29 is 19.1 Å². The standard InChI is InChI=1S/C13H13NO5/c1-7(14)13(17)18-6-8-4-12(16)19-11-5-9(15)2-3-10(8)11/h2-5,7,15H,6,14H2,1H3. The van der Waals surface area contributed by atoms with Crippen LogP contribution in [0.15, 0.2) is 33.5 Å². The molecule has 1 atom stereocenters. The topological polar surface area (TPSA) is 103 Å². The van der Waals surface area contributed by atoms with Crippen LogP contribution in [0.1, 0.15) is 12.5 Å². The quantitative estimate of drug-likeness (QED) is 0.629. The largest absolute Gasteiger partial charge is 0.508 e. The van der Waals surface area contributed by atoms with Gasteiger partial charge in [-0.3, -0.25) is 4.79 Å². The molecule has 0 aliphatic carbocycles. The Labute approximate surface area is 108 Å². The fourth-order valence-electron chi connectivity index (χ4n) is 1.62. The molecule has 6 heteroatoms. The molecule has 0 amide bonds. The van der Waals surface area contributed by atoms with Gasteiger partial charge in [0.2, 0.25) is 0 Å². The fraction of sp³-hybridized carbons (Fsp3) is 0.231. The second kappa shape index (κ2) is 5.11. The number of carbonyl (C=O) groups excluding carboxylic acids is 1. The Morgan fingerprint density at radius 2 is 2.21 bits per heavy atom. The van der Waals surface area contributed by atoms with E-state index in [-0.39, 0.29) is 17.9 Å². The first-order valence-electron chi connectivity index (χ1n) is 5.65. The predicted octanol–water partition coefficient (Wildman–Crippen LogP) is 0.889. The maximum atomic E-state index is 11.4. The maximum absolute atomic E-state index is 11.4. The van der Waals surface area contributed by atoms with Crippen molar-refractivity contribution in [1.29, 1.82) is 0 Å². The Balaban J connectivity index is 2.37. The second-order valence-electron chi connectivity index (χ2n) is 4.17. The summed E-state index contributed by atoms with van der Waals surface area (Å²) in [5.74, 6) is -0.569. The third-order valence-electron chi connectivity index (χ3n) is 2.56. The van der Waals surface area contributed by atoms with Crippen LogP contribution in [0.25, 0.3) is 11.0 Å². The summed E-state index contributed by atoms with van der Waals surface area (Å²) in [6, 6.07) is 4.89. The Kier molecular flexibility index (Phi) is 3.52. The number of aromatic hydroxyl groups is 1. The number of hydrogen-bond donors (Lipinski definition) is 2. The molecule has 0 spiro atoms. The first-order valence-corrected chi connectivity index (χ1v) is 5.65. The normalized spacial score (nSPS) is 12.3. The molecule has 1 unspecified atom stereocenters. The molecule has 2 aromatic rings. The molecule has 2 rings (SSSR count). The Morgan fingerprint density at radius 3 is 2.89 bits per heavy atom. The molecule has 1 aromatic heterocycles. The zero-order valence-corrected chi connectivity index (χ0v) is 10.3. The molecule has 3 N–H and O–H groups in total. The highest BCUT2D eigenvalue weighted by Gasteiger charge is 2.12. The predicted molar refractivity (Wildman–Crippen MR) is 67.6 cm³/mol. The highest BCUT2D eigenvalue weighted by Crippen LogP contribution is 2.22. The van der Waals surface area contributed by atoms with Crippen LogP contribution in [-0.4, -0.2) is 17.1 Å². The highest BCUT2D eigenvalue weighted by molar-refractivity contribution is 5.82. The molecule has 1 heterocycles. The molecular weight excluding hydrogens is 250 g/mol. The third-order valence-corrected chi connectivity index (χ3v) is 2.56. The summed E-state index contributed by atoms with van der Waals surface area (Å²) in [6.45, 7) is 1.44. The van der Waals surface area contributed by atoms with E-state index >= 15 is 0 Å². The highest BCUT2D eigenvalue weighted by atomic mass is 16.5. The zero-order chi connectivity index (χ0) is 14.0. The van der Waals surface area contributed by atoms with E-state index in [0.717, 1.165) is 0 Å². The summed E-state index contributed by atoms with van der Waals surface area (Å²) >= 11 is 0. The summed E-state index contributed by atoms with van der Waals surface area (Å²) in [5, 5.41) is 9.93. The Morgan fingerprint density at radius 1 is 1.47 bits per heavy atom.